The third kappa shape index (κ3) is 4.64. The molecular weight excluding hydrogens is 290 g/mol. The molecule has 2 rings (SSSR count). The van der Waals surface area contributed by atoms with E-state index < -0.39 is 0 Å². The van der Waals surface area contributed by atoms with E-state index in [4.69, 9.17) is 0 Å². The summed E-state index contributed by atoms with van der Waals surface area (Å²) in [4.78, 5) is 28.3. The van der Waals surface area contributed by atoms with Crippen LogP contribution in [0, 0.1) is 0 Å². The van der Waals surface area contributed by atoms with Gasteiger partial charge in [0.2, 0.25) is 0 Å². The van der Waals surface area contributed by atoms with Crippen molar-refractivity contribution < 1.29 is 9.59 Å². The molecule has 0 aliphatic heterocycles. The number of amides is 2. The number of hydrogen-bond donors (Lipinski definition) is 2. The molecule has 0 spiro atoms. The van der Waals surface area contributed by atoms with Crippen LogP contribution < -0.4 is 10.6 Å². The van der Waals surface area contributed by atoms with Crippen molar-refractivity contribution in [3.63, 3.8) is 0 Å². The maximum Gasteiger partial charge on any atom is 0.270 e. The summed E-state index contributed by atoms with van der Waals surface area (Å²) in [6.07, 6.45) is 1.47. The van der Waals surface area contributed by atoms with E-state index in [1.165, 1.54) is 12.3 Å². The number of hydrogen-bond acceptors (Lipinski definition) is 3. The molecule has 0 saturated heterocycles. The van der Waals surface area contributed by atoms with Gasteiger partial charge in [-0.25, -0.2) is 0 Å². The zero-order valence-electron chi connectivity index (χ0n) is 13.5. The number of rotatable bonds is 5. The number of pyridine rings is 1. The molecule has 0 fully saturated rings. The van der Waals surface area contributed by atoms with Crippen molar-refractivity contribution in [2.45, 2.75) is 32.9 Å². The van der Waals surface area contributed by atoms with Crippen LogP contribution in [0.5, 0.6) is 0 Å². The van der Waals surface area contributed by atoms with Crippen molar-refractivity contribution in [1.29, 1.82) is 0 Å². The summed E-state index contributed by atoms with van der Waals surface area (Å²) < 4.78 is 0. The first-order chi connectivity index (χ1) is 11.0. The summed E-state index contributed by atoms with van der Waals surface area (Å²) in [5.74, 6) is -0.520. The fourth-order valence-electron chi connectivity index (χ4n) is 2.14. The van der Waals surface area contributed by atoms with Gasteiger partial charge in [-0.1, -0.05) is 30.3 Å². The highest BCUT2D eigenvalue weighted by atomic mass is 16.2. The third-order valence-corrected chi connectivity index (χ3v) is 3.32. The van der Waals surface area contributed by atoms with E-state index >= 15 is 0 Å². The molecule has 0 aliphatic carbocycles. The van der Waals surface area contributed by atoms with E-state index in [1.54, 1.807) is 6.07 Å². The van der Waals surface area contributed by atoms with E-state index in [9.17, 15) is 9.59 Å². The van der Waals surface area contributed by atoms with Crippen LogP contribution in [0.2, 0.25) is 0 Å². The maximum absolute atomic E-state index is 12.4. The second kappa shape index (κ2) is 7.54. The number of benzene rings is 1. The highest BCUT2D eigenvalue weighted by molar-refractivity contribution is 5.98. The molecule has 23 heavy (non-hydrogen) atoms. The van der Waals surface area contributed by atoms with Crippen molar-refractivity contribution in [1.82, 2.24) is 15.6 Å². The number of nitrogens with zero attached hydrogens (tertiary/aromatic N) is 1. The first-order valence-corrected chi connectivity index (χ1v) is 7.60. The molecule has 5 heteroatoms. The van der Waals surface area contributed by atoms with Crippen molar-refractivity contribution in [3.05, 3.63) is 65.5 Å². The second-order valence-corrected chi connectivity index (χ2v) is 5.66. The largest absolute Gasteiger partial charge is 0.349 e. The maximum atomic E-state index is 12.4. The molecule has 2 N–H and O–H groups in total. The van der Waals surface area contributed by atoms with Gasteiger partial charge in [0.25, 0.3) is 11.8 Å². The van der Waals surface area contributed by atoms with Crippen molar-refractivity contribution in [3.8, 4) is 0 Å². The molecule has 2 amide bonds. The summed E-state index contributed by atoms with van der Waals surface area (Å²) in [6.45, 7) is 5.66. The van der Waals surface area contributed by atoms with Gasteiger partial charge in [0.05, 0.1) is 6.04 Å². The quantitative estimate of drug-likeness (QED) is 0.892. The minimum absolute atomic E-state index is 0.0138. The van der Waals surface area contributed by atoms with Gasteiger partial charge in [-0.15, -0.1) is 0 Å². The van der Waals surface area contributed by atoms with Gasteiger partial charge in [0.1, 0.15) is 5.69 Å². The third-order valence-electron chi connectivity index (χ3n) is 3.32. The zero-order chi connectivity index (χ0) is 16.8. The van der Waals surface area contributed by atoms with Gasteiger partial charge in [0, 0.05) is 17.8 Å². The molecule has 1 heterocycles. The molecule has 0 aliphatic rings. The molecule has 0 saturated carbocycles. The van der Waals surface area contributed by atoms with Crippen molar-refractivity contribution in [2.24, 2.45) is 0 Å². The fraction of sp³-hybridized carbons (Fsp3) is 0.278. The van der Waals surface area contributed by atoms with Gasteiger partial charge in [-0.2, -0.15) is 0 Å². The van der Waals surface area contributed by atoms with Crippen molar-refractivity contribution >= 4 is 11.8 Å². The zero-order valence-corrected chi connectivity index (χ0v) is 13.5. The van der Waals surface area contributed by atoms with Gasteiger partial charge < -0.3 is 10.6 Å². The lowest BCUT2D eigenvalue weighted by atomic mass is 10.1. The summed E-state index contributed by atoms with van der Waals surface area (Å²) >= 11 is 0. The van der Waals surface area contributed by atoms with Crippen LogP contribution in [0.3, 0.4) is 0 Å². The normalized spacial score (nSPS) is 11.8. The molecule has 5 nitrogen and oxygen atoms in total. The van der Waals surface area contributed by atoms with Crippen LogP contribution in [0.15, 0.2) is 48.7 Å². The number of nitrogens with one attached hydrogen (secondary N) is 2. The molecule has 0 bridgehead atoms. The predicted molar refractivity (Wildman–Crippen MR) is 89.2 cm³/mol. The first kappa shape index (κ1) is 16.7. The minimum atomic E-state index is -0.286. The number of carbonyl (C=O) groups excluding carboxylic acids is 2. The Labute approximate surface area is 136 Å². The van der Waals surface area contributed by atoms with E-state index in [0.29, 0.717) is 5.56 Å². The topological polar surface area (TPSA) is 71.1 Å². The Morgan fingerprint density at radius 2 is 1.65 bits per heavy atom. The molecule has 120 valence electrons. The Bertz CT molecular complexity index is 684. The smallest absolute Gasteiger partial charge is 0.270 e. The van der Waals surface area contributed by atoms with E-state index in [1.807, 2.05) is 51.1 Å². The van der Waals surface area contributed by atoms with Crippen LogP contribution in [0.4, 0.5) is 0 Å². The average molecular weight is 311 g/mol. The standard InChI is InChI=1S/C18H21N3O2/c1-12(2)20-18(23)16-11-15(9-10-19-16)17(22)21-13(3)14-7-5-4-6-8-14/h4-13H,1-3H3,(H,20,23)(H,21,22). The minimum Gasteiger partial charge on any atom is -0.349 e. The average Bonchev–Trinajstić information content (AvgIpc) is 2.55. The van der Waals surface area contributed by atoms with Gasteiger partial charge >= 0.3 is 0 Å². The monoisotopic (exact) mass is 311 g/mol. The van der Waals surface area contributed by atoms with E-state index in [0.717, 1.165) is 5.56 Å². The molecule has 1 aromatic heterocycles. The van der Waals surface area contributed by atoms with E-state index in [2.05, 4.69) is 15.6 Å². The van der Waals surface area contributed by atoms with Gasteiger partial charge in [0.15, 0.2) is 0 Å². The second-order valence-electron chi connectivity index (χ2n) is 5.66. The van der Waals surface area contributed by atoms with E-state index in [-0.39, 0.29) is 29.6 Å². The predicted octanol–water partition coefficient (Wildman–Crippen LogP) is 2.71. The fourth-order valence-corrected chi connectivity index (χ4v) is 2.14. The Morgan fingerprint density at radius 1 is 0.957 bits per heavy atom. The van der Waals surface area contributed by atoms with Gasteiger partial charge in [-0.05, 0) is 38.5 Å². The number of carbonyl (C=O) groups is 2. The summed E-state index contributed by atoms with van der Waals surface area (Å²) in [5.41, 5.74) is 1.67. The highest BCUT2D eigenvalue weighted by Crippen LogP contribution is 2.12. The Balaban J connectivity index is 2.09. The molecule has 0 radical (unpaired) electrons. The lowest BCUT2D eigenvalue weighted by Gasteiger charge is -2.14. The first-order valence-electron chi connectivity index (χ1n) is 7.60. The van der Waals surface area contributed by atoms with Crippen LogP contribution in [0.1, 0.15) is 53.2 Å². The molecule has 1 atom stereocenters. The van der Waals surface area contributed by atoms with Crippen LogP contribution in [-0.4, -0.2) is 22.8 Å². The molecule has 1 unspecified atom stereocenters. The summed E-state index contributed by atoms with van der Waals surface area (Å²) in [5, 5.41) is 5.68. The molecule has 1 aromatic carbocycles. The van der Waals surface area contributed by atoms with Crippen LogP contribution >= 0.6 is 0 Å². The SMILES string of the molecule is CC(C)NC(=O)c1cc(C(=O)NC(C)c2ccccc2)ccn1. The Morgan fingerprint density at radius 3 is 2.30 bits per heavy atom. The van der Waals surface area contributed by atoms with Crippen molar-refractivity contribution in [2.75, 3.05) is 0 Å². The highest BCUT2D eigenvalue weighted by Gasteiger charge is 2.14. The van der Waals surface area contributed by atoms with Crippen LogP contribution in [-0.2, 0) is 0 Å². The lowest BCUT2D eigenvalue weighted by molar-refractivity contribution is 0.0938. The lowest BCUT2D eigenvalue weighted by Crippen LogP contribution is -2.31. The number of aromatic nitrogens is 1. The Hall–Kier alpha value is -2.69. The van der Waals surface area contributed by atoms with Gasteiger partial charge in [-0.3, -0.25) is 14.6 Å². The Kier molecular flexibility index (Phi) is 5.46. The molecular formula is C18H21N3O2. The van der Waals surface area contributed by atoms with Crippen LogP contribution in [0.25, 0.3) is 0 Å². The summed E-state index contributed by atoms with van der Waals surface area (Å²) in [6, 6.07) is 12.7. The molecule has 2 aromatic rings. The summed E-state index contributed by atoms with van der Waals surface area (Å²) in [7, 11) is 0.